The molecule has 2 heteroatoms. The Morgan fingerprint density at radius 2 is 2.07 bits per heavy atom. The molecule has 0 radical (unpaired) electrons. The van der Waals surface area contributed by atoms with Crippen molar-refractivity contribution in [3.8, 4) is 0 Å². The molecule has 2 nitrogen and oxygen atoms in total. The molecule has 14 heavy (non-hydrogen) atoms. The summed E-state index contributed by atoms with van der Waals surface area (Å²) in [7, 11) is 0. The van der Waals surface area contributed by atoms with Crippen LogP contribution in [-0.2, 0) is 11.2 Å². The van der Waals surface area contributed by atoms with E-state index < -0.39 is 0 Å². The van der Waals surface area contributed by atoms with Crippen LogP contribution in [0.3, 0.4) is 0 Å². The van der Waals surface area contributed by atoms with Crippen molar-refractivity contribution in [2.24, 2.45) is 5.92 Å². The maximum atomic E-state index is 11.3. The van der Waals surface area contributed by atoms with Gasteiger partial charge in [-0.05, 0) is 18.4 Å². The minimum Gasteiger partial charge on any atom is -0.353 e. The van der Waals surface area contributed by atoms with Crippen molar-refractivity contribution in [3.63, 3.8) is 0 Å². The van der Waals surface area contributed by atoms with Crippen LogP contribution in [0.2, 0.25) is 0 Å². The van der Waals surface area contributed by atoms with Crippen molar-refractivity contribution in [2.45, 2.75) is 25.8 Å². The molecule has 2 rings (SSSR count). The minimum atomic E-state index is 0.184. The van der Waals surface area contributed by atoms with E-state index in [4.69, 9.17) is 0 Å². The standard InChI is InChI=1S/C12H15NO/c1-9-7-11(13-12(9)14)8-10-5-3-2-4-6-10/h2-6,9,11H,7-8H2,1H3,(H,13,14)/t9-,11+/m0/s1. The molecule has 0 spiro atoms. The number of carbonyl (C=O) groups excluding carboxylic acids is 1. The van der Waals surface area contributed by atoms with E-state index in [0.29, 0.717) is 6.04 Å². The molecule has 1 aromatic rings. The molecule has 2 atom stereocenters. The first-order valence-corrected chi connectivity index (χ1v) is 5.10. The summed E-state index contributed by atoms with van der Waals surface area (Å²) in [4.78, 5) is 11.3. The Balaban J connectivity index is 1.97. The zero-order valence-electron chi connectivity index (χ0n) is 8.36. The van der Waals surface area contributed by atoms with Crippen LogP contribution >= 0.6 is 0 Å². The monoisotopic (exact) mass is 189 g/mol. The minimum absolute atomic E-state index is 0.184. The molecule has 1 aliphatic rings. The Hall–Kier alpha value is -1.31. The number of amides is 1. The lowest BCUT2D eigenvalue weighted by atomic mass is 10.0. The van der Waals surface area contributed by atoms with E-state index in [-0.39, 0.29) is 11.8 Å². The third kappa shape index (κ3) is 1.95. The largest absolute Gasteiger partial charge is 0.353 e. The third-order valence-electron chi connectivity index (χ3n) is 2.76. The van der Waals surface area contributed by atoms with Crippen LogP contribution in [0.4, 0.5) is 0 Å². The molecule has 0 aliphatic carbocycles. The lowest BCUT2D eigenvalue weighted by molar-refractivity contribution is -0.122. The van der Waals surface area contributed by atoms with Gasteiger partial charge < -0.3 is 5.32 Å². The molecule has 0 aromatic heterocycles. The molecular formula is C12H15NO. The molecule has 74 valence electrons. The van der Waals surface area contributed by atoms with Crippen LogP contribution in [0.5, 0.6) is 0 Å². The second kappa shape index (κ2) is 3.82. The van der Waals surface area contributed by atoms with E-state index in [1.807, 2.05) is 25.1 Å². The number of benzene rings is 1. The van der Waals surface area contributed by atoms with Crippen molar-refractivity contribution in [2.75, 3.05) is 0 Å². The third-order valence-corrected chi connectivity index (χ3v) is 2.76. The van der Waals surface area contributed by atoms with Crippen LogP contribution in [0, 0.1) is 5.92 Å². The van der Waals surface area contributed by atoms with Gasteiger partial charge in [0.2, 0.25) is 5.91 Å². The Morgan fingerprint density at radius 3 is 2.64 bits per heavy atom. The SMILES string of the molecule is C[C@H]1C[C@H](Cc2ccccc2)NC1=O. The highest BCUT2D eigenvalue weighted by Gasteiger charge is 2.27. The first-order chi connectivity index (χ1) is 6.75. The molecule has 0 bridgehead atoms. The van der Waals surface area contributed by atoms with Gasteiger partial charge in [0.1, 0.15) is 0 Å². The summed E-state index contributed by atoms with van der Waals surface area (Å²) in [5, 5.41) is 3.01. The van der Waals surface area contributed by atoms with Gasteiger partial charge in [0, 0.05) is 12.0 Å². The molecule has 1 amide bonds. The Labute approximate surface area is 84.3 Å². The van der Waals surface area contributed by atoms with Gasteiger partial charge >= 0.3 is 0 Å². The Bertz CT molecular complexity index is 320. The summed E-state index contributed by atoms with van der Waals surface area (Å²) in [6, 6.07) is 10.6. The number of carbonyl (C=O) groups is 1. The Morgan fingerprint density at radius 1 is 1.36 bits per heavy atom. The summed E-state index contributed by atoms with van der Waals surface area (Å²) in [5.41, 5.74) is 1.30. The van der Waals surface area contributed by atoms with E-state index >= 15 is 0 Å². The van der Waals surface area contributed by atoms with Gasteiger partial charge in [-0.3, -0.25) is 4.79 Å². The fourth-order valence-electron chi connectivity index (χ4n) is 1.97. The molecule has 0 unspecified atom stereocenters. The van der Waals surface area contributed by atoms with Crippen molar-refractivity contribution < 1.29 is 4.79 Å². The number of rotatable bonds is 2. The topological polar surface area (TPSA) is 29.1 Å². The molecule has 1 fully saturated rings. The fraction of sp³-hybridized carbons (Fsp3) is 0.417. The molecule has 1 aliphatic heterocycles. The number of hydrogen-bond donors (Lipinski definition) is 1. The lowest BCUT2D eigenvalue weighted by Gasteiger charge is -2.09. The van der Waals surface area contributed by atoms with Crippen LogP contribution in [0.1, 0.15) is 18.9 Å². The predicted molar refractivity (Wildman–Crippen MR) is 55.9 cm³/mol. The van der Waals surface area contributed by atoms with E-state index in [2.05, 4.69) is 17.4 Å². The van der Waals surface area contributed by atoms with Gasteiger partial charge in [-0.15, -0.1) is 0 Å². The highest BCUT2D eigenvalue weighted by Crippen LogP contribution is 2.17. The van der Waals surface area contributed by atoms with E-state index in [9.17, 15) is 4.79 Å². The molecule has 1 N–H and O–H groups in total. The van der Waals surface area contributed by atoms with E-state index in [1.54, 1.807) is 0 Å². The van der Waals surface area contributed by atoms with Crippen molar-refractivity contribution >= 4 is 5.91 Å². The Kier molecular flexibility index (Phi) is 2.53. The first kappa shape index (κ1) is 9.25. The summed E-state index contributed by atoms with van der Waals surface area (Å²) in [6.07, 6.45) is 1.92. The number of hydrogen-bond acceptors (Lipinski definition) is 1. The highest BCUT2D eigenvalue weighted by molar-refractivity contribution is 5.80. The van der Waals surface area contributed by atoms with Gasteiger partial charge in [-0.25, -0.2) is 0 Å². The van der Waals surface area contributed by atoms with Crippen molar-refractivity contribution in [3.05, 3.63) is 35.9 Å². The van der Waals surface area contributed by atoms with Gasteiger partial charge in [0.05, 0.1) is 0 Å². The lowest BCUT2D eigenvalue weighted by Crippen LogP contribution is -2.27. The maximum absolute atomic E-state index is 11.3. The summed E-state index contributed by atoms with van der Waals surface area (Å²) < 4.78 is 0. The van der Waals surface area contributed by atoms with Crippen LogP contribution in [0.15, 0.2) is 30.3 Å². The van der Waals surface area contributed by atoms with Crippen molar-refractivity contribution in [1.82, 2.24) is 5.32 Å². The molecule has 1 heterocycles. The molecule has 1 aromatic carbocycles. The molecular weight excluding hydrogens is 174 g/mol. The summed E-state index contributed by atoms with van der Waals surface area (Å²) in [5.74, 6) is 0.384. The fourth-order valence-corrected chi connectivity index (χ4v) is 1.97. The average Bonchev–Trinajstić information content (AvgIpc) is 2.47. The second-order valence-corrected chi connectivity index (χ2v) is 4.03. The smallest absolute Gasteiger partial charge is 0.223 e. The van der Waals surface area contributed by atoms with Gasteiger partial charge in [-0.1, -0.05) is 37.3 Å². The first-order valence-electron chi connectivity index (χ1n) is 5.10. The van der Waals surface area contributed by atoms with Crippen LogP contribution in [-0.4, -0.2) is 11.9 Å². The zero-order chi connectivity index (χ0) is 9.97. The molecule has 1 saturated heterocycles. The van der Waals surface area contributed by atoms with Gasteiger partial charge in [0.25, 0.3) is 0 Å². The zero-order valence-corrected chi connectivity index (χ0v) is 8.36. The average molecular weight is 189 g/mol. The maximum Gasteiger partial charge on any atom is 0.223 e. The summed E-state index contributed by atoms with van der Waals surface area (Å²) >= 11 is 0. The van der Waals surface area contributed by atoms with E-state index in [1.165, 1.54) is 5.56 Å². The number of nitrogens with one attached hydrogen (secondary N) is 1. The van der Waals surface area contributed by atoms with Gasteiger partial charge in [0.15, 0.2) is 0 Å². The normalized spacial score (nSPS) is 26.2. The van der Waals surface area contributed by atoms with Gasteiger partial charge in [-0.2, -0.15) is 0 Å². The quantitative estimate of drug-likeness (QED) is 0.754. The summed E-state index contributed by atoms with van der Waals surface area (Å²) in [6.45, 7) is 1.99. The second-order valence-electron chi connectivity index (χ2n) is 4.03. The van der Waals surface area contributed by atoms with Crippen LogP contribution in [0.25, 0.3) is 0 Å². The highest BCUT2D eigenvalue weighted by atomic mass is 16.2. The molecule has 0 saturated carbocycles. The van der Waals surface area contributed by atoms with Crippen molar-refractivity contribution in [1.29, 1.82) is 0 Å². The predicted octanol–water partition coefficient (Wildman–Crippen LogP) is 1.75. The van der Waals surface area contributed by atoms with Crippen LogP contribution < -0.4 is 5.32 Å². The van der Waals surface area contributed by atoms with E-state index in [0.717, 1.165) is 12.8 Å².